The molecule has 0 atom stereocenters. The molecule has 8 nitrogen and oxygen atoms in total. The number of anilines is 1. The minimum absolute atomic E-state index is 0.0578. The fourth-order valence-electron chi connectivity index (χ4n) is 1.83. The first-order valence-corrected chi connectivity index (χ1v) is 6.45. The molecule has 9 heteroatoms. The van der Waals surface area contributed by atoms with Crippen molar-refractivity contribution < 1.29 is 9.53 Å². The van der Waals surface area contributed by atoms with Gasteiger partial charge in [0.05, 0.1) is 11.9 Å². The highest BCUT2D eigenvalue weighted by atomic mass is 35.5. The first-order valence-electron chi connectivity index (χ1n) is 6.07. The molecule has 3 N–H and O–H groups in total. The number of imidazole rings is 1. The summed E-state index contributed by atoms with van der Waals surface area (Å²) in [6.07, 6.45) is 1.46. The number of ether oxygens (including phenoxy) is 1. The van der Waals surface area contributed by atoms with E-state index < -0.39 is 0 Å². The first kappa shape index (κ1) is 13.2. The normalized spacial score (nSPS) is 16.9. The lowest BCUT2D eigenvalue weighted by atomic mass is 10.0. The largest absolute Gasteiger partial charge is 0.363 e. The Morgan fingerprint density at radius 2 is 2.35 bits per heavy atom. The van der Waals surface area contributed by atoms with Crippen LogP contribution >= 0.6 is 11.6 Å². The zero-order valence-corrected chi connectivity index (χ0v) is 11.5. The number of amides is 1. The van der Waals surface area contributed by atoms with Crippen LogP contribution in [0.4, 0.5) is 5.95 Å². The molecule has 0 aliphatic carbocycles. The van der Waals surface area contributed by atoms with Gasteiger partial charge in [-0.2, -0.15) is 9.97 Å². The zero-order chi connectivity index (χ0) is 14.2. The number of aromatic amines is 1. The van der Waals surface area contributed by atoms with Crippen LogP contribution in [0.3, 0.4) is 0 Å². The summed E-state index contributed by atoms with van der Waals surface area (Å²) in [6, 6.07) is 0. The Morgan fingerprint density at radius 1 is 1.55 bits per heavy atom. The van der Waals surface area contributed by atoms with Crippen LogP contribution in [0.1, 0.15) is 6.92 Å². The quantitative estimate of drug-likeness (QED) is 0.702. The third-order valence-electron chi connectivity index (χ3n) is 3.04. The number of fused-ring (bicyclic) bond motifs is 1. The molecular formula is C11H13ClN6O2. The van der Waals surface area contributed by atoms with Crippen LogP contribution in [0.25, 0.3) is 11.2 Å². The Kier molecular flexibility index (Phi) is 3.28. The molecule has 0 spiro atoms. The number of rotatable bonds is 4. The van der Waals surface area contributed by atoms with Crippen molar-refractivity contribution >= 4 is 34.6 Å². The van der Waals surface area contributed by atoms with E-state index in [1.54, 1.807) is 0 Å². The molecule has 1 aliphatic heterocycles. The lowest BCUT2D eigenvalue weighted by molar-refractivity contribution is -0.130. The number of halogens is 1. The Labute approximate surface area is 119 Å². The minimum Gasteiger partial charge on any atom is -0.363 e. The Morgan fingerprint density at radius 3 is 3.05 bits per heavy atom. The van der Waals surface area contributed by atoms with Crippen LogP contribution in [-0.4, -0.2) is 51.1 Å². The Balaban J connectivity index is 1.64. The molecule has 106 valence electrons. The van der Waals surface area contributed by atoms with Gasteiger partial charge in [0.15, 0.2) is 10.8 Å². The number of aromatic nitrogens is 4. The predicted octanol–water partition coefficient (Wildman–Crippen LogP) is 0.323. The van der Waals surface area contributed by atoms with E-state index in [2.05, 4.69) is 30.6 Å². The highest BCUT2D eigenvalue weighted by molar-refractivity contribution is 6.33. The highest BCUT2D eigenvalue weighted by Crippen LogP contribution is 2.18. The van der Waals surface area contributed by atoms with Gasteiger partial charge in [-0.15, -0.1) is 0 Å². The lowest BCUT2D eigenvalue weighted by Crippen LogP contribution is -2.59. The van der Waals surface area contributed by atoms with Crippen LogP contribution < -0.4 is 10.6 Å². The maximum absolute atomic E-state index is 11.8. The van der Waals surface area contributed by atoms with Crippen molar-refractivity contribution in [3.63, 3.8) is 0 Å². The number of carbonyl (C=O) groups excluding carboxylic acids is 1. The van der Waals surface area contributed by atoms with Crippen molar-refractivity contribution in [3.05, 3.63) is 11.5 Å². The van der Waals surface area contributed by atoms with E-state index >= 15 is 0 Å². The summed E-state index contributed by atoms with van der Waals surface area (Å²) in [5.41, 5.74) is 0.660. The van der Waals surface area contributed by atoms with Crippen molar-refractivity contribution in [1.29, 1.82) is 0 Å². The third-order valence-corrected chi connectivity index (χ3v) is 3.32. The van der Waals surface area contributed by atoms with Gasteiger partial charge in [0, 0.05) is 13.1 Å². The molecule has 1 fully saturated rings. The summed E-state index contributed by atoms with van der Waals surface area (Å²) >= 11 is 5.96. The second-order valence-corrected chi connectivity index (χ2v) is 5.19. The number of carbonyl (C=O) groups is 1. The van der Waals surface area contributed by atoms with Crippen molar-refractivity contribution in [3.8, 4) is 0 Å². The molecule has 0 unspecified atom stereocenters. The van der Waals surface area contributed by atoms with Gasteiger partial charge in [-0.25, -0.2) is 4.98 Å². The fraction of sp³-hybridized carbons (Fsp3) is 0.455. The van der Waals surface area contributed by atoms with Crippen molar-refractivity contribution in [2.75, 3.05) is 25.0 Å². The first-order chi connectivity index (χ1) is 9.56. The summed E-state index contributed by atoms with van der Waals surface area (Å²) in [5, 5.41) is 5.84. The molecule has 3 rings (SSSR count). The topological polar surface area (TPSA) is 105 Å². The maximum Gasteiger partial charge on any atom is 0.252 e. The van der Waals surface area contributed by atoms with Gasteiger partial charge in [0.1, 0.15) is 12.1 Å². The number of hydrogen-bond acceptors (Lipinski definition) is 6. The SMILES string of the molecule is CC1(OCC(=O)Nc2nc(Cl)c3[nH]cnc3n2)CNC1. The smallest absolute Gasteiger partial charge is 0.252 e. The van der Waals surface area contributed by atoms with Gasteiger partial charge in [-0.05, 0) is 6.92 Å². The number of nitrogens with zero attached hydrogens (tertiary/aromatic N) is 3. The van der Waals surface area contributed by atoms with Crippen LogP contribution in [0.15, 0.2) is 6.33 Å². The lowest BCUT2D eigenvalue weighted by Gasteiger charge is -2.38. The predicted molar refractivity (Wildman–Crippen MR) is 72.6 cm³/mol. The van der Waals surface area contributed by atoms with E-state index in [9.17, 15) is 4.79 Å². The van der Waals surface area contributed by atoms with Crippen molar-refractivity contribution in [2.45, 2.75) is 12.5 Å². The van der Waals surface area contributed by atoms with Crippen molar-refractivity contribution in [1.82, 2.24) is 25.3 Å². The summed E-state index contributed by atoms with van der Waals surface area (Å²) in [5.74, 6) is -0.218. The molecule has 1 saturated heterocycles. The van der Waals surface area contributed by atoms with E-state index in [1.165, 1.54) is 6.33 Å². The highest BCUT2D eigenvalue weighted by Gasteiger charge is 2.33. The zero-order valence-electron chi connectivity index (χ0n) is 10.7. The van der Waals surface area contributed by atoms with Crippen molar-refractivity contribution in [2.24, 2.45) is 0 Å². The number of H-pyrrole nitrogens is 1. The fourth-order valence-corrected chi connectivity index (χ4v) is 2.05. The molecule has 0 bridgehead atoms. The summed E-state index contributed by atoms with van der Waals surface area (Å²) in [4.78, 5) is 26.6. The van der Waals surface area contributed by atoms with Gasteiger partial charge < -0.3 is 15.0 Å². The second-order valence-electron chi connectivity index (χ2n) is 4.83. The standard InChI is InChI=1S/C11H13ClN6O2/c1-11(3-13-4-11)20-2-6(19)16-10-17-8(12)7-9(18-10)15-5-14-7/h5,13H,2-4H2,1H3,(H2,14,15,16,17,18,19). The van der Waals surface area contributed by atoms with Crippen LogP contribution in [0.2, 0.25) is 5.15 Å². The molecular weight excluding hydrogens is 284 g/mol. The molecule has 1 aliphatic rings. The molecule has 20 heavy (non-hydrogen) atoms. The molecule has 1 amide bonds. The summed E-state index contributed by atoms with van der Waals surface area (Å²) in [6.45, 7) is 3.36. The van der Waals surface area contributed by atoms with Crippen LogP contribution in [0, 0.1) is 0 Å². The Hall–Kier alpha value is -1.77. The maximum atomic E-state index is 11.8. The summed E-state index contributed by atoms with van der Waals surface area (Å²) in [7, 11) is 0. The van der Waals surface area contributed by atoms with Crippen LogP contribution in [-0.2, 0) is 9.53 Å². The molecule has 0 saturated carbocycles. The number of nitrogens with one attached hydrogen (secondary N) is 3. The van der Waals surface area contributed by atoms with E-state index in [4.69, 9.17) is 16.3 Å². The van der Waals surface area contributed by atoms with E-state index in [0.717, 1.165) is 13.1 Å². The molecule has 0 radical (unpaired) electrons. The van der Waals surface area contributed by atoms with E-state index in [1.807, 2.05) is 6.92 Å². The molecule has 0 aromatic carbocycles. The monoisotopic (exact) mass is 296 g/mol. The average Bonchev–Trinajstić information content (AvgIpc) is 2.83. The minimum atomic E-state index is -0.330. The van der Waals surface area contributed by atoms with Crippen LogP contribution in [0.5, 0.6) is 0 Å². The van der Waals surface area contributed by atoms with Gasteiger partial charge in [-0.3, -0.25) is 10.1 Å². The molecule has 3 heterocycles. The van der Waals surface area contributed by atoms with E-state index in [0.29, 0.717) is 11.2 Å². The molecule has 2 aromatic heterocycles. The van der Waals surface area contributed by atoms with Gasteiger partial charge >= 0.3 is 0 Å². The van der Waals surface area contributed by atoms with Gasteiger partial charge in [0.25, 0.3) is 5.91 Å². The third kappa shape index (κ3) is 2.58. The average molecular weight is 297 g/mol. The number of hydrogen-bond donors (Lipinski definition) is 3. The van der Waals surface area contributed by atoms with Gasteiger partial charge in [0.2, 0.25) is 5.95 Å². The second kappa shape index (κ2) is 4.97. The van der Waals surface area contributed by atoms with Gasteiger partial charge in [-0.1, -0.05) is 11.6 Å². The molecule has 2 aromatic rings. The Bertz CT molecular complexity index is 653. The summed E-state index contributed by atoms with van der Waals surface area (Å²) < 4.78 is 5.52. The van der Waals surface area contributed by atoms with E-state index in [-0.39, 0.29) is 29.2 Å².